The Labute approximate surface area is 157 Å². The van der Waals surface area contributed by atoms with Gasteiger partial charge in [-0.25, -0.2) is 13.2 Å². The average molecular weight is 391 g/mol. The quantitative estimate of drug-likeness (QED) is 0.680. The fourth-order valence-corrected chi connectivity index (χ4v) is 4.21. The summed E-state index contributed by atoms with van der Waals surface area (Å²) in [5, 5.41) is 18.2. The number of carbonyl (C=O) groups is 2. The van der Waals surface area contributed by atoms with Crippen molar-refractivity contribution < 1.29 is 28.2 Å². The van der Waals surface area contributed by atoms with E-state index in [0.717, 1.165) is 0 Å². The van der Waals surface area contributed by atoms with Crippen LogP contribution in [-0.4, -0.2) is 37.1 Å². The predicted octanol–water partition coefficient (Wildman–Crippen LogP) is 3.01. The van der Waals surface area contributed by atoms with Crippen molar-refractivity contribution in [3.05, 3.63) is 59.7 Å². The van der Waals surface area contributed by atoms with E-state index in [-0.39, 0.29) is 35.5 Å². The van der Waals surface area contributed by atoms with Crippen molar-refractivity contribution in [3.63, 3.8) is 0 Å². The molecule has 2 aromatic rings. The molecule has 7 nitrogen and oxygen atoms in total. The zero-order chi connectivity index (χ0) is 20.0. The van der Waals surface area contributed by atoms with Gasteiger partial charge in [-0.1, -0.05) is 25.1 Å². The highest BCUT2D eigenvalue weighted by atomic mass is 32.2. The smallest absolute Gasteiger partial charge is 0.335 e. The van der Waals surface area contributed by atoms with Crippen LogP contribution < -0.4 is 4.31 Å². The van der Waals surface area contributed by atoms with E-state index >= 15 is 0 Å². The zero-order valence-corrected chi connectivity index (χ0v) is 15.6. The molecule has 2 N–H and O–H groups in total. The Morgan fingerprint density at radius 3 is 2.26 bits per heavy atom. The van der Waals surface area contributed by atoms with Crippen LogP contribution in [0.3, 0.4) is 0 Å². The van der Waals surface area contributed by atoms with E-state index in [1.807, 2.05) is 6.92 Å². The molecule has 0 saturated carbocycles. The lowest BCUT2D eigenvalue weighted by atomic mass is 10.0. The molecule has 0 radical (unpaired) electrons. The zero-order valence-electron chi connectivity index (χ0n) is 14.8. The first-order chi connectivity index (χ1) is 12.8. The van der Waals surface area contributed by atoms with Crippen LogP contribution in [0.2, 0.25) is 0 Å². The Kier molecular flexibility index (Phi) is 6.57. The maximum absolute atomic E-state index is 13.1. The highest BCUT2D eigenvalue weighted by Crippen LogP contribution is 2.27. The molecule has 0 bridgehead atoms. The first kappa shape index (κ1) is 20.4. The molecule has 8 heteroatoms. The van der Waals surface area contributed by atoms with Gasteiger partial charge in [0, 0.05) is 13.0 Å². The van der Waals surface area contributed by atoms with Crippen molar-refractivity contribution in [2.45, 2.75) is 31.1 Å². The fraction of sp³-hybridized carbons (Fsp3) is 0.263. The van der Waals surface area contributed by atoms with Crippen LogP contribution in [0, 0.1) is 0 Å². The minimum atomic E-state index is -3.88. The van der Waals surface area contributed by atoms with E-state index in [0.29, 0.717) is 12.0 Å². The number of hydrogen-bond acceptors (Lipinski definition) is 4. The summed E-state index contributed by atoms with van der Waals surface area (Å²) < 4.78 is 27.3. The van der Waals surface area contributed by atoms with Gasteiger partial charge in [-0.3, -0.25) is 9.10 Å². The molecular formula is C19H21NO6S. The number of carboxylic acids is 2. The molecule has 0 atom stereocenters. The number of carboxylic acid groups (broad SMARTS) is 2. The standard InChI is InChI=1S/C19H21NO6S/c1-2-10-20(27(25,26)17-6-4-3-5-7-17)16-12-14(8-9-18(21)22)11-15(13-16)19(23)24/h3-7,11-13H,2,8-10H2,1H3,(H,21,22)(H,23,24). The molecule has 0 aliphatic carbocycles. The van der Waals surface area contributed by atoms with Crippen LogP contribution in [0.15, 0.2) is 53.4 Å². The van der Waals surface area contributed by atoms with E-state index in [9.17, 15) is 23.1 Å². The molecule has 0 aliphatic rings. The van der Waals surface area contributed by atoms with E-state index in [2.05, 4.69) is 0 Å². The number of aromatic carboxylic acids is 1. The van der Waals surface area contributed by atoms with Gasteiger partial charge in [0.25, 0.3) is 10.0 Å². The Hall–Kier alpha value is -2.87. The van der Waals surface area contributed by atoms with Gasteiger partial charge in [-0.2, -0.15) is 0 Å². The molecule has 0 aliphatic heterocycles. The summed E-state index contributed by atoms with van der Waals surface area (Å²) in [6, 6.07) is 12.1. The lowest BCUT2D eigenvalue weighted by molar-refractivity contribution is -0.136. The number of rotatable bonds is 9. The first-order valence-corrected chi connectivity index (χ1v) is 9.86. The maximum atomic E-state index is 13.1. The van der Waals surface area contributed by atoms with Crippen molar-refractivity contribution in [2.24, 2.45) is 0 Å². The SMILES string of the molecule is CCCN(c1cc(CCC(=O)O)cc(C(=O)O)c1)S(=O)(=O)c1ccccc1. The third kappa shape index (κ3) is 5.07. The number of benzene rings is 2. The van der Waals surface area contributed by atoms with Gasteiger partial charge in [0.1, 0.15) is 0 Å². The van der Waals surface area contributed by atoms with Crippen molar-refractivity contribution in [1.82, 2.24) is 0 Å². The Bertz CT molecular complexity index is 924. The molecule has 0 unspecified atom stereocenters. The summed E-state index contributed by atoms with van der Waals surface area (Å²) in [5.41, 5.74) is 0.579. The van der Waals surface area contributed by atoms with Gasteiger partial charge < -0.3 is 10.2 Å². The van der Waals surface area contributed by atoms with Gasteiger partial charge in [-0.15, -0.1) is 0 Å². The van der Waals surface area contributed by atoms with Crippen molar-refractivity contribution >= 4 is 27.6 Å². The van der Waals surface area contributed by atoms with Crippen molar-refractivity contribution in [1.29, 1.82) is 0 Å². The van der Waals surface area contributed by atoms with Crippen LogP contribution in [0.25, 0.3) is 0 Å². The third-order valence-electron chi connectivity index (χ3n) is 3.90. The first-order valence-electron chi connectivity index (χ1n) is 8.42. The predicted molar refractivity (Wildman–Crippen MR) is 101 cm³/mol. The monoisotopic (exact) mass is 391 g/mol. The lowest BCUT2D eigenvalue weighted by Gasteiger charge is -2.25. The molecule has 0 amide bonds. The average Bonchev–Trinajstić information content (AvgIpc) is 2.64. The molecule has 0 saturated heterocycles. The molecule has 0 fully saturated rings. The van der Waals surface area contributed by atoms with Gasteiger partial charge in [0.15, 0.2) is 0 Å². The van der Waals surface area contributed by atoms with Crippen LogP contribution in [0.5, 0.6) is 0 Å². The summed E-state index contributed by atoms with van der Waals surface area (Å²) in [5.74, 6) is -2.22. The largest absolute Gasteiger partial charge is 0.481 e. The van der Waals surface area contributed by atoms with E-state index in [1.54, 1.807) is 18.2 Å². The minimum absolute atomic E-state index is 0.0859. The van der Waals surface area contributed by atoms with Crippen molar-refractivity contribution in [3.8, 4) is 0 Å². The Morgan fingerprint density at radius 2 is 1.70 bits per heavy atom. The van der Waals surface area contributed by atoms with Crippen LogP contribution in [0.1, 0.15) is 35.7 Å². The third-order valence-corrected chi connectivity index (χ3v) is 5.74. The highest BCUT2D eigenvalue weighted by molar-refractivity contribution is 7.92. The molecular weight excluding hydrogens is 370 g/mol. The molecule has 27 heavy (non-hydrogen) atoms. The normalized spacial score (nSPS) is 11.1. The molecule has 144 valence electrons. The van der Waals surface area contributed by atoms with E-state index < -0.39 is 22.0 Å². The molecule has 0 aromatic heterocycles. The number of aryl methyl sites for hydroxylation is 1. The summed E-state index contributed by atoms with van der Waals surface area (Å²) >= 11 is 0. The van der Waals surface area contributed by atoms with Crippen LogP contribution >= 0.6 is 0 Å². The second-order valence-corrected chi connectivity index (χ2v) is 7.84. The number of nitrogens with zero attached hydrogens (tertiary/aromatic N) is 1. The topological polar surface area (TPSA) is 112 Å². The Balaban J connectivity index is 2.55. The van der Waals surface area contributed by atoms with Gasteiger partial charge in [0.05, 0.1) is 16.1 Å². The summed E-state index contributed by atoms with van der Waals surface area (Å²) in [6.45, 7) is 1.98. The fourth-order valence-electron chi connectivity index (χ4n) is 2.65. The van der Waals surface area contributed by atoms with Crippen molar-refractivity contribution in [2.75, 3.05) is 10.8 Å². The number of sulfonamides is 1. The second-order valence-electron chi connectivity index (χ2n) is 5.98. The van der Waals surface area contributed by atoms with Gasteiger partial charge >= 0.3 is 11.9 Å². The van der Waals surface area contributed by atoms with Gasteiger partial charge in [-0.05, 0) is 48.7 Å². The molecule has 0 spiro atoms. The van der Waals surface area contributed by atoms with Crippen LogP contribution in [-0.2, 0) is 21.2 Å². The second kappa shape index (κ2) is 8.68. The summed E-state index contributed by atoms with van der Waals surface area (Å²) in [4.78, 5) is 22.4. The number of anilines is 1. The lowest BCUT2D eigenvalue weighted by Crippen LogP contribution is -2.32. The maximum Gasteiger partial charge on any atom is 0.335 e. The van der Waals surface area contributed by atoms with E-state index in [4.69, 9.17) is 5.11 Å². The highest BCUT2D eigenvalue weighted by Gasteiger charge is 2.25. The molecule has 0 heterocycles. The summed E-state index contributed by atoms with van der Waals surface area (Å²) in [7, 11) is -3.88. The Morgan fingerprint density at radius 1 is 1.04 bits per heavy atom. The van der Waals surface area contributed by atoms with Crippen LogP contribution in [0.4, 0.5) is 5.69 Å². The molecule has 2 aromatic carbocycles. The van der Waals surface area contributed by atoms with E-state index in [1.165, 1.54) is 34.6 Å². The minimum Gasteiger partial charge on any atom is -0.481 e. The summed E-state index contributed by atoms with van der Waals surface area (Å²) in [6.07, 6.45) is 0.449. The van der Waals surface area contributed by atoms with Gasteiger partial charge in [0.2, 0.25) is 0 Å². The molecule has 2 rings (SSSR count). The number of aliphatic carboxylic acids is 1. The number of hydrogen-bond donors (Lipinski definition) is 2.